The van der Waals surface area contributed by atoms with Crippen LogP contribution in [-0.4, -0.2) is 23.7 Å². The van der Waals surface area contributed by atoms with Crippen molar-refractivity contribution < 1.29 is 9.53 Å². The fourth-order valence-corrected chi connectivity index (χ4v) is 2.76. The molecular weight excluding hydrogens is 190 g/mol. The van der Waals surface area contributed by atoms with E-state index in [2.05, 4.69) is 5.32 Å². The highest BCUT2D eigenvalue weighted by Crippen LogP contribution is 2.36. The van der Waals surface area contributed by atoms with Crippen LogP contribution in [0.2, 0.25) is 0 Å². The molecule has 2 aliphatic rings. The molecule has 1 saturated heterocycles. The minimum atomic E-state index is -0.352. The molecule has 0 aromatic carbocycles. The van der Waals surface area contributed by atoms with Gasteiger partial charge in [-0.2, -0.15) is 0 Å². The summed E-state index contributed by atoms with van der Waals surface area (Å²) in [5.41, 5.74) is -0.352. The fraction of sp³-hybridized carbons (Fsp3) is 0.917. The largest absolute Gasteiger partial charge is 0.460 e. The van der Waals surface area contributed by atoms with Gasteiger partial charge in [0.25, 0.3) is 0 Å². The summed E-state index contributed by atoms with van der Waals surface area (Å²) in [7, 11) is 0. The van der Waals surface area contributed by atoms with E-state index in [0.717, 1.165) is 0 Å². The van der Waals surface area contributed by atoms with E-state index in [1.54, 1.807) is 0 Å². The fourth-order valence-electron chi connectivity index (χ4n) is 2.76. The number of hydrogen-bond acceptors (Lipinski definition) is 3. The van der Waals surface area contributed by atoms with Gasteiger partial charge in [-0.1, -0.05) is 0 Å². The molecule has 15 heavy (non-hydrogen) atoms. The van der Waals surface area contributed by atoms with Crippen LogP contribution in [-0.2, 0) is 9.53 Å². The predicted octanol–water partition coefficient (Wildman–Crippen LogP) is 1.86. The first-order valence-corrected chi connectivity index (χ1v) is 5.92. The number of carbonyl (C=O) groups is 1. The number of carbonyl (C=O) groups excluding carboxylic acids is 1. The molecule has 2 rings (SSSR count). The summed E-state index contributed by atoms with van der Waals surface area (Å²) >= 11 is 0. The second-order valence-electron chi connectivity index (χ2n) is 5.83. The minimum Gasteiger partial charge on any atom is -0.460 e. The van der Waals surface area contributed by atoms with Crippen LogP contribution >= 0.6 is 0 Å². The molecule has 2 fully saturated rings. The Balaban J connectivity index is 1.80. The van der Waals surface area contributed by atoms with E-state index in [1.807, 2.05) is 20.8 Å². The zero-order valence-corrected chi connectivity index (χ0v) is 9.88. The van der Waals surface area contributed by atoms with Gasteiger partial charge in [0.1, 0.15) is 5.60 Å². The molecule has 1 aliphatic heterocycles. The Kier molecular flexibility index (Phi) is 2.75. The summed E-state index contributed by atoms with van der Waals surface area (Å²) < 4.78 is 5.33. The van der Waals surface area contributed by atoms with Gasteiger partial charge in [-0.25, -0.2) is 0 Å². The third kappa shape index (κ3) is 2.71. The monoisotopic (exact) mass is 211 g/mol. The Morgan fingerprint density at radius 1 is 1.40 bits per heavy atom. The maximum Gasteiger partial charge on any atom is 0.307 e. The van der Waals surface area contributed by atoms with Crippen molar-refractivity contribution in [2.24, 2.45) is 5.92 Å². The van der Waals surface area contributed by atoms with Crippen molar-refractivity contribution in [2.75, 3.05) is 0 Å². The maximum absolute atomic E-state index is 11.6. The van der Waals surface area contributed by atoms with Gasteiger partial charge >= 0.3 is 5.97 Å². The third-order valence-electron chi connectivity index (χ3n) is 3.30. The van der Waals surface area contributed by atoms with E-state index in [0.29, 0.717) is 24.4 Å². The molecule has 0 radical (unpaired) electrons. The van der Waals surface area contributed by atoms with Gasteiger partial charge in [0, 0.05) is 12.1 Å². The molecule has 86 valence electrons. The molecule has 1 heterocycles. The quantitative estimate of drug-likeness (QED) is 0.708. The first-order valence-electron chi connectivity index (χ1n) is 5.92. The first-order chi connectivity index (χ1) is 6.94. The van der Waals surface area contributed by atoms with Gasteiger partial charge in [-0.3, -0.25) is 4.79 Å². The molecule has 0 spiro atoms. The van der Waals surface area contributed by atoms with Crippen LogP contribution in [0, 0.1) is 5.92 Å². The van der Waals surface area contributed by atoms with Crippen molar-refractivity contribution in [3.63, 3.8) is 0 Å². The van der Waals surface area contributed by atoms with Crippen molar-refractivity contribution in [3.05, 3.63) is 0 Å². The van der Waals surface area contributed by atoms with Crippen LogP contribution < -0.4 is 5.32 Å². The second kappa shape index (κ2) is 3.78. The van der Waals surface area contributed by atoms with E-state index >= 15 is 0 Å². The van der Waals surface area contributed by atoms with E-state index in [1.165, 1.54) is 19.3 Å². The number of rotatable bonds is 2. The molecule has 2 bridgehead atoms. The highest BCUT2D eigenvalue weighted by atomic mass is 16.6. The lowest BCUT2D eigenvalue weighted by atomic mass is 9.97. The zero-order valence-electron chi connectivity index (χ0n) is 9.88. The lowest BCUT2D eigenvalue weighted by molar-refractivity contribution is -0.155. The average Bonchev–Trinajstić information content (AvgIpc) is 2.60. The average molecular weight is 211 g/mol. The molecule has 3 atom stereocenters. The SMILES string of the molecule is CC(C)(C)OC(=O)C[C@H]1N[C@@H]2CC[C@H]1C2. The number of fused-ring (bicyclic) bond motifs is 2. The molecule has 0 aromatic rings. The maximum atomic E-state index is 11.6. The van der Waals surface area contributed by atoms with Gasteiger partial charge in [-0.05, 0) is 46.0 Å². The summed E-state index contributed by atoms with van der Waals surface area (Å²) in [6, 6.07) is 1.04. The van der Waals surface area contributed by atoms with Crippen LogP contribution in [0.5, 0.6) is 0 Å². The number of piperidine rings is 1. The first kappa shape index (κ1) is 10.9. The summed E-state index contributed by atoms with van der Waals surface area (Å²) in [6.07, 6.45) is 4.37. The molecule has 1 aliphatic carbocycles. The molecule has 3 heteroatoms. The highest BCUT2D eigenvalue weighted by Gasteiger charge is 2.40. The van der Waals surface area contributed by atoms with Crippen LogP contribution in [0.4, 0.5) is 0 Å². The van der Waals surface area contributed by atoms with Crippen molar-refractivity contribution in [1.82, 2.24) is 5.32 Å². The third-order valence-corrected chi connectivity index (χ3v) is 3.30. The lowest BCUT2D eigenvalue weighted by Crippen LogP contribution is -2.38. The topological polar surface area (TPSA) is 38.3 Å². The van der Waals surface area contributed by atoms with Crippen molar-refractivity contribution in [1.29, 1.82) is 0 Å². The molecule has 1 saturated carbocycles. The Hall–Kier alpha value is -0.570. The van der Waals surface area contributed by atoms with Crippen molar-refractivity contribution in [2.45, 2.75) is 64.1 Å². The Bertz CT molecular complexity index is 257. The molecule has 0 unspecified atom stereocenters. The van der Waals surface area contributed by atoms with Crippen LogP contribution in [0.25, 0.3) is 0 Å². The summed E-state index contributed by atoms with van der Waals surface area (Å²) in [4.78, 5) is 11.6. The number of ether oxygens (including phenoxy) is 1. The van der Waals surface area contributed by atoms with Crippen molar-refractivity contribution in [3.8, 4) is 0 Å². The molecule has 3 nitrogen and oxygen atoms in total. The minimum absolute atomic E-state index is 0.0625. The number of hydrogen-bond donors (Lipinski definition) is 1. The Labute approximate surface area is 91.6 Å². The molecule has 1 N–H and O–H groups in total. The Morgan fingerprint density at radius 3 is 2.60 bits per heavy atom. The number of nitrogens with one attached hydrogen (secondary N) is 1. The summed E-state index contributed by atoms with van der Waals surface area (Å²) in [6.45, 7) is 5.75. The highest BCUT2D eigenvalue weighted by molar-refractivity contribution is 5.70. The lowest BCUT2D eigenvalue weighted by Gasteiger charge is -2.25. The second-order valence-corrected chi connectivity index (χ2v) is 5.83. The standard InChI is InChI=1S/C12H21NO2/c1-12(2,3)15-11(14)7-10-8-4-5-9(6-8)13-10/h8-10,13H,4-7H2,1-3H3/t8-,9+,10+/m0/s1. The van der Waals surface area contributed by atoms with Gasteiger partial charge in [-0.15, -0.1) is 0 Å². The van der Waals surface area contributed by atoms with Crippen molar-refractivity contribution >= 4 is 5.97 Å². The van der Waals surface area contributed by atoms with E-state index in [9.17, 15) is 4.79 Å². The van der Waals surface area contributed by atoms with Crippen LogP contribution in [0.1, 0.15) is 46.5 Å². The molecular formula is C12H21NO2. The van der Waals surface area contributed by atoms with E-state index in [-0.39, 0.29) is 11.6 Å². The molecule has 0 amide bonds. The Morgan fingerprint density at radius 2 is 2.13 bits per heavy atom. The van der Waals surface area contributed by atoms with Crippen LogP contribution in [0.15, 0.2) is 0 Å². The zero-order chi connectivity index (χ0) is 11.1. The van der Waals surface area contributed by atoms with E-state index in [4.69, 9.17) is 4.74 Å². The summed E-state index contributed by atoms with van der Waals surface area (Å²) in [5, 5.41) is 3.51. The van der Waals surface area contributed by atoms with Gasteiger partial charge in [0.15, 0.2) is 0 Å². The van der Waals surface area contributed by atoms with Gasteiger partial charge < -0.3 is 10.1 Å². The molecule has 0 aromatic heterocycles. The van der Waals surface area contributed by atoms with Crippen LogP contribution in [0.3, 0.4) is 0 Å². The van der Waals surface area contributed by atoms with Gasteiger partial charge in [0.05, 0.1) is 6.42 Å². The van der Waals surface area contributed by atoms with E-state index < -0.39 is 0 Å². The summed E-state index contributed by atoms with van der Waals surface area (Å²) in [5.74, 6) is 0.648. The van der Waals surface area contributed by atoms with Gasteiger partial charge in [0.2, 0.25) is 0 Å². The normalized spacial score (nSPS) is 34.5. The smallest absolute Gasteiger partial charge is 0.307 e. The predicted molar refractivity (Wildman–Crippen MR) is 58.5 cm³/mol. The number of esters is 1.